The van der Waals surface area contributed by atoms with Gasteiger partial charge in [-0.3, -0.25) is 5.10 Å². The van der Waals surface area contributed by atoms with Crippen molar-refractivity contribution in [3.8, 4) is 0 Å². The summed E-state index contributed by atoms with van der Waals surface area (Å²) >= 11 is 0. The average molecular weight is 247 g/mol. The van der Waals surface area contributed by atoms with Crippen LogP contribution < -0.4 is 5.32 Å². The largest absolute Gasteiger partial charge is 0.368 e. The monoisotopic (exact) mass is 247 g/mol. The van der Waals surface area contributed by atoms with Crippen molar-refractivity contribution in [2.75, 3.05) is 11.9 Å². The van der Waals surface area contributed by atoms with E-state index in [-0.39, 0.29) is 0 Å². The lowest BCUT2D eigenvalue weighted by Crippen LogP contribution is -2.26. The highest BCUT2D eigenvalue weighted by Gasteiger charge is 2.38. The van der Waals surface area contributed by atoms with Gasteiger partial charge < -0.3 is 5.32 Å². The van der Waals surface area contributed by atoms with Gasteiger partial charge in [0, 0.05) is 17.8 Å². The molecule has 1 aromatic rings. The van der Waals surface area contributed by atoms with E-state index >= 15 is 0 Å². The summed E-state index contributed by atoms with van der Waals surface area (Å²) in [5.41, 5.74) is 3.49. The van der Waals surface area contributed by atoms with E-state index in [2.05, 4.69) is 29.4 Å². The topological polar surface area (TPSA) is 40.7 Å². The zero-order valence-electron chi connectivity index (χ0n) is 11.7. The Morgan fingerprint density at radius 1 is 1.28 bits per heavy atom. The van der Waals surface area contributed by atoms with Crippen LogP contribution in [0.5, 0.6) is 0 Å². The third-order valence-corrected chi connectivity index (χ3v) is 4.75. The zero-order chi connectivity index (χ0) is 12.6. The van der Waals surface area contributed by atoms with E-state index in [0.717, 1.165) is 12.4 Å². The van der Waals surface area contributed by atoms with Crippen molar-refractivity contribution in [3.63, 3.8) is 0 Å². The van der Waals surface area contributed by atoms with Crippen LogP contribution in [-0.4, -0.2) is 16.7 Å². The molecule has 1 aromatic heterocycles. The lowest BCUT2D eigenvalue weighted by Gasteiger charge is -2.33. The predicted molar refractivity (Wildman–Crippen MR) is 74.8 cm³/mol. The quantitative estimate of drug-likeness (QED) is 0.858. The van der Waals surface area contributed by atoms with Crippen LogP contribution >= 0.6 is 0 Å². The van der Waals surface area contributed by atoms with Gasteiger partial charge in [-0.2, -0.15) is 5.10 Å². The molecular formula is C15H25N3. The van der Waals surface area contributed by atoms with Crippen LogP contribution in [0.4, 0.5) is 5.82 Å². The third kappa shape index (κ3) is 2.15. The maximum absolute atomic E-state index is 4.49. The smallest absolute Gasteiger partial charge is 0.151 e. The summed E-state index contributed by atoms with van der Waals surface area (Å²) in [7, 11) is 0. The van der Waals surface area contributed by atoms with Crippen molar-refractivity contribution in [2.24, 2.45) is 11.3 Å². The highest BCUT2D eigenvalue weighted by molar-refractivity contribution is 5.48. The Morgan fingerprint density at radius 2 is 2.06 bits per heavy atom. The molecule has 3 nitrogen and oxygen atoms in total. The Morgan fingerprint density at radius 3 is 2.78 bits per heavy atom. The van der Waals surface area contributed by atoms with Crippen molar-refractivity contribution < 1.29 is 0 Å². The first kappa shape index (κ1) is 12.1. The van der Waals surface area contributed by atoms with Crippen molar-refractivity contribution in [1.29, 1.82) is 0 Å². The summed E-state index contributed by atoms with van der Waals surface area (Å²) in [6.45, 7) is 5.50. The number of hydrogen-bond donors (Lipinski definition) is 2. The van der Waals surface area contributed by atoms with Gasteiger partial charge in [0.15, 0.2) is 5.82 Å². The number of fused-ring (bicyclic) bond motifs is 1. The normalized spacial score (nSPS) is 21.5. The van der Waals surface area contributed by atoms with Gasteiger partial charge in [0.25, 0.3) is 0 Å². The van der Waals surface area contributed by atoms with Gasteiger partial charge in [-0.1, -0.05) is 26.7 Å². The van der Waals surface area contributed by atoms with Crippen molar-refractivity contribution in [3.05, 3.63) is 11.3 Å². The number of nitrogens with zero attached hydrogens (tertiary/aromatic N) is 1. The first-order valence-corrected chi connectivity index (χ1v) is 7.49. The number of nitrogens with one attached hydrogen (secondary N) is 2. The SMILES string of the molecule is CC(C)CNc1n[nH]c2c1CC1(CCCC1)CC2. The summed E-state index contributed by atoms with van der Waals surface area (Å²) in [6.07, 6.45) is 9.54. The number of rotatable bonds is 3. The molecule has 18 heavy (non-hydrogen) atoms. The van der Waals surface area contributed by atoms with Crippen LogP contribution in [0, 0.1) is 11.3 Å². The summed E-state index contributed by atoms with van der Waals surface area (Å²) in [6, 6.07) is 0. The number of aryl methyl sites for hydroxylation is 1. The van der Waals surface area contributed by atoms with Crippen LogP contribution in [-0.2, 0) is 12.8 Å². The van der Waals surface area contributed by atoms with Crippen LogP contribution in [0.1, 0.15) is 57.2 Å². The number of aromatic amines is 1. The summed E-state index contributed by atoms with van der Waals surface area (Å²) in [5.74, 6) is 1.80. The fourth-order valence-corrected chi connectivity index (χ4v) is 3.65. The van der Waals surface area contributed by atoms with E-state index in [1.54, 1.807) is 0 Å². The molecule has 0 unspecified atom stereocenters. The Labute approximate surface area is 110 Å². The molecule has 2 aliphatic carbocycles. The van der Waals surface area contributed by atoms with Crippen molar-refractivity contribution in [2.45, 2.75) is 58.8 Å². The van der Waals surface area contributed by atoms with Gasteiger partial charge in [0.1, 0.15) is 0 Å². The Kier molecular flexibility index (Phi) is 3.08. The van der Waals surface area contributed by atoms with Gasteiger partial charge in [-0.15, -0.1) is 0 Å². The van der Waals surface area contributed by atoms with Crippen LogP contribution in [0.15, 0.2) is 0 Å². The van der Waals surface area contributed by atoms with Crippen molar-refractivity contribution in [1.82, 2.24) is 10.2 Å². The molecule has 0 bridgehead atoms. The fraction of sp³-hybridized carbons (Fsp3) is 0.800. The minimum Gasteiger partial charge on any atom is -0.368 e. The second-order valence-electron chi connectivity index (χ2n) is 6.69. The maximum Gasteiger partial charge on any atom is 0.151 e. The molecule has 3 rings (SSSR count). The highest BCUT2D eigenvalue weighted by Crippen LogP contribution is 2.48. The summed E-state index contributed by atoms with van der Waals surface area (Å²) in [5, 5.41) is 11.2. The van der Waals surface area contributed by atoms with Crippen LogP contribution in [0.3, 0.4) is 0 Å². The number of aromatic nitrogens is 2. The van der Waals surface area contributed by atoms with E-state index in [1.165, 1.54) is 56.2 Å². The molecule has 100 valence electrons. The standard InChI is InChI=1S/C15H25N3/c1-11(2)10-16-14-12-9-15(6-3-4-7-15)8-5-13(12)17-18-14/h11H,3-10H2,1-2H3,(H2,16,17,18). The Balaban J connectivity index is 1.78. The molecule has 1 spiro atoms. The minimum atomic E-state index is 0.616. The molecule has 0 aliphatic heterocycles. The zero-order valence-corrected chi connectivity index (χ0v) is 11.7. The summed E-state index contributed by atoms with van der Waals surface area (Å²) in [4.78, 5) is 0. The van der Waals surface area contributed by atoms with E-state index in [9.17, 15) is 0 Å². The molecular weight excluding hydrogens is 222 g/mol. The lowest BCUT2D eigenvalue weighted by atomic mass is 9.72. The molecule has 1 heterocycles. The fourth-order valence-electron chi connectivity index (χ4n) is 3.65. The van der Waals surface area contributed by atoms with Gasteiger partial charge in [-0.05, 0) is 43.4 Å². The molecule has 0 saturated heterocycles. The van der Waals surface area contributed by atoms with Crippen LogP contribution in [0.25, 0.3) is 0 Å². The minimum absolute atomic E-state index is 0.616. The lowest BCUT2D eigenvalue weighted by molar-refractivity contribution is 0.254. The Hall–Kier alpha value is -0.990. The van der Waals surface area contributed by atoms with E-state index in [4.69, 9.17) is 0 Å². The number of hydrogen-bond acceptors (Lipinski definition) is 2. The molecule has 0 aromatic carbocycles. The summed E-state index contributed by atoms with van der Waals surface area (Å²) < 4.78 is 0. The molecule has 2 N–H and O–H groups in total. The molecule has 1 saturated carbocycles. The van der Waals surface area contributed by atoms with Gasteiger partial charge in [-0.25, -0.2) is 0 Å². The second kappa shape index (κ2) is 4.60. The molecule has 2 aliphatic rings. The third-order valence-electron chi connectivity index (χ3n) is 4.75. The van der Waals surface area contributed by atoms with Gasteiger partial charge in [0.2, 0.25) is 0 Å². The molecule has 0 atom stereocenters. The van der Waals surface area contributed by atoms with E-state index < -0.39 is 0 Å². The van der Waals surface area contributed by atoms with Gasteiger partial charge >= 0.3 is 0 Å². The molecule has 3 heteroatoms. The number of H-pyrrole nitrogens is 1. The molecule has 0 amide bonds. The molecule has 1 fully saturated rings. The number of anilines is 1. The van der Waals surface area contributed by atoms with Crippen molar-refractivity contribution >= 4 is 5.82 Å². The van der Waals surface area contributed by atoms with E-state index in [0.29, 0.717) is 11.3 Å². The molecule has 0 radical (unpaired) electrons. The maximum atomic E-state index is 4.49. The Bertz CT molecular complexity index is 413. The first-order chi connectivity index (χ1) is 8.69. The second-order valence-corrected chi connectivity index (χ2v) is 6.69. The first-order valence-electron chi connectivity index (χ1n) is 7.49. The van der Waals surface area contributed by atoms with Gasteiger partial charge in [0.05, 0.1) is 0 Å². The van der Waals surface area contributed by atoms with Crippen LogP contribution in [0.2, 0.25) is 0 Å². The van der Waals surface area contributed by atoms with E-state index in [1.807, 2.05) is 0 Å². The predicted octanol–water partition coefficient (Wildman–Crippen LogP) is 3.53. The highest BCUT2D eigenvalue weighted by atomic mass is 15.2. The average Bonchev–Trinajstić information content (AvgIpc) is 2.94.